The van der Waals surface area contributed by atoms with E-state index in [9.17, 15) is 18.0 Å². The number of nitriles is 1. The molecule has 0 aromatic carbocycles. The molecule has 23 heavy (non-hydrogen) atoms. The Balaban J connectivity index is 2.49. The summed E-state index contributed by atoms with van der Waals surface area (Å²) in [6, 6.07) is 3.12. The fourth-order valence-electron chi connectivity index (χ4n) is 2.40. The quantitative estimate of drug-likeness (QED) is 0.671. The van der Waals surface area contributed by atoms with Gasteiger partial charge in [-0.3, -0.25) is 14.8 Å². The molecule has 0 N–H and O–H groups in total. The van der Waals surface area contributed by atoms with Gasteiger partial charge in [-0.2, -0.15) is 18.4 Å². The first-order valence-electron chi connectivity index (χ1n) is 6.24. The molecule has 0 spiro atoms. The van der Waals surface area contributed by atoms with Crippen molar-refractivity contribution in [1.29, 1.82) is 5.26 Å². The summed E-state index contributed by atoms with van der Waals surface area (Å²) in [7, 11) is 0. The molecule has 0 amide bonds. The van der Waals surface area contributed by atoms with E-state index in [0.29, 0.717) is 11.7 Å². The Morgan fingerprint density at radius 2 is 2.09 bits per heavy atom. The Kier molecular flexibility index (Phi) is 3.45. The van der Waals surface area contributed by atoms with Gasteiger partial charge in [-0.15, -0.1) is 0 Å². The minimum atomic E-state index is -4.51. The van der Waals surface area contributed by atoms with Crippen LogP contribution in [0.2, 0.25) is 5.02 Å². The number of alkyl halides is 3. The second-order valence-electron chi connectivity index (χ2n) is 4.74. The fraction of sp³-hybridized carbons (Fsp3) is 0.143. The molecule has 0 saturated carbocycles. The van der Waals surface area contributed by atoms with E-state index >= 15 is 0 Å². The first-order chi connectivity index (χ1) is 10.9. The zero-order valence-corrected chi connectivity index (χ0v) is 12.0. The predicted octanol–water partition coefficient (Wildman–Crippen LogP) is 3.48. The maximum absolute atomic E-state index is 12.9. The maximum Gasteiger partial charge on any atom is 0.406 e. The molecule has 3 aromatic heterocycles. The van der Waals surface area contributed by atoms with Crippen molar-refractivity contribution in [3.63, 3.8) is 0 Å². The summed E-state index contributed by atoms with van der Waals surface area (Å²) >= 11 is 6.08. The number of pyridine rings is 2. The van der Waals surface area contributed by atoms with E-state index in [2.05, 4.69) is 9.97 Å². The van der Waals surface area contributed by atoms with Gasteiger partial charge >= 0.3 is 6.18 Å². The molecule has 116 valence electrons. The molecular formula is C14H6ClF3N4O. The number of carbonyl (C=O) groups excluding carboxylic acids is 1. The van der Waals surface area contributed by atoms with Gasteiger partial charge in [0.15, 0.2) is 6.29 Å². The summed E-state index contributed by atoms with van der Waals surface area (Å²) < 4.78 is 39.6. The molecule has 0 aliphatic heterocycles. The van der Waals surface area contributed by atoms with Crippen LogP contribution >= 0.6 is 11.6 Å². The van der Waals surface area contributed by atoms with Crippen LogP contribution in [0.25, 0.3) is 21.9 Å². The van der Waals surface area contributed by atoms with Crippen molar-refractivity contribution in [2.45, 2.75) is 12.7 Å². The average molecular weight is 339 g/mol. The third kappa shape index (κ3) is 2.49. The number of halogens is 4. The van der Waals surface area contributed by atoms with Crippen LogP contribution in [-0.4, -0.2) is 27.0 Å². The van der Waals surface area contributed by atoms with Crippen molar-refractivity contribution in [3.05, 3.63) is 34.7 Å². The van der Waals surface area contributed by atoms with Crippen LogP contribution in [0, 0.1) is 11.3 Å². The monoisotopic (exact) mass is 338 g/mol. The number of rotatable bonds is 2. The van der Waals surface area contributed by atoms with Crippen LogP contribution in [0.1, 0.15) is 16.1 Å². The van der Waals surface area contributed by atoms with Crippen LogP contribution in [0.3, 0.4) is 0 Å². The summed E-state index contributed by atoms with van der Waals surface area (Å²) in [5.41, 5.74) is 0.328. The smallest absolute Gasteiger partial charge is 0.327 e. The summed E-state index contributed by atoms with van der Waals surface area (Å²) in [4.78, 5) is 18.7. The van der Waals surface area contributed by atoms with Crippen LogP contribution in [0.4, 0.5) is 13.2 Å². The van der Waals surface area contributed by atoms with Crippen LogP contribution < -0.4 is 0 Å². The molecule has 3 rings (SSSR count). The Hall–Kier alpha value is -2.66. The zero-order valence-electron chi connectivity index (χ0n) is 11.2. The van der Waals surface area contributed by atoms with E-state index in [1.54, 1.807) is 6.07 Å². The van der Waals surface area contributed by atoms with Crippen molar-refractivity contribution in [3.8, 4) is 6.07 Å². The third-order valence-electron chi connectivity index (χ3n) is 3.29. The Bertz CT molecular complexity index is 988. The number of fused-ring (bicyclic) bond motifs is 3. The maximum atomic E-state index is 12.9. The van der Waals surface area contributed by atoms with Crippen LogP contribution in [-0.2, 0) is 6.54 Å². The number of nitrogens with zero attached hydrogens (tertiary/aromatic N) is 4. The molecule has 3 heterocycles. The van der Waals surface area contributed by atoms with Crippen LogP contribution in [0.15, 0.2) is 18.5 Å². The van der Waals surface area contributed by atoms with Gasteiger partial charge in [0.25, 0.3) is 0 Å². The normalized spacial score (nSPS) is 11.8. The van der Waals surface area contributed by atoms with Gasteiger partial charge in [0.05, 0.1) is 33.3 Å². The first kappa shape index (κ1) is 15.2. The Morgan fingerprint density at radius 1 is 1.35 bits per heavy atom. The molecule has 0 radical (unpaired) electrons. The predicted molar refractivity (Wildman–Crippen MR) is 76.2 cm³/mol. The Morgan fingerprint density at radius 3 is 2.70 bits per heavy atom. The lowest BCUT2D eigenvalue weighted by atomic mass is 10.2. The van der Waals surface area contributed by atoms with Gasteiger partial charge in [-0.1, -0.05) is 11.6 Å². The molecule has 0 aliphatic carbocycles. The SMILES string of the molecule is N#Cc1cnc2c3cc(C=O)ncc3n(CC(F)(F)F)c2c1Cl. The van der Waals surface area contributed by atoms with Gasteiger partial charge < -0.3 is 4.57 Å². The highest BCUT2D eigenvalue weighted by molar-refractivity contribution is 6.37. The number of hydrogen-bond acceptors (Lipinski definition) is 4. The molecule has 0 bridgehead atoms. The van der Waals surface area contributed by atoms with Gasteiger partial charge in [-0.25, -0.2) is 0 Å². The molecule has 3 aromatic rings. The molecule has 5 nitrogen and oxygen atoms in total. The van der Waals surface area contributed by atoms with E-state index in [1.165, 1.54) is 12.3 Å². The number of aromatic nitrogens is 3. The number of hydrogen-bond donors (Lipinski definition) is 0. The van der Waals surface area contributed by atoms with E-state index in [0.717, 1.165) is 10.8 Å². The van der Waals surface area contributed by atoms with E-state index in [-0.39, 0.29) is 32.8 Å². The van der Waals surface area contributed by atoms with Gasteiger partial charge in [0.1, 0.15) is 18.3 Å². The Labute approximate surface area is 131 Å². The highest BCUT2D eigenvalue weighted by Gasteiger charge is 2.31. The molecule has 0 saturated heterocycles. The van der Waals surface area contributed by atoms with Crippen molar-refractivity contribution < 1.29 is 18.0 Å². The molecule has 0 fully saturated rings. The van der Waals surface area contributed by atoms with E-state index < -0.39 is 12.7 Å². The van der Waals surface area contributed by atoms with Gasteiger partial charge in [0.2, 0.25) is 0 Å². The summed E-state index contributed by atoms with van der Waals surface area (Å²) in [5, 5.41) is 9.19. The average Bonchev–Trinajstić information content (AvgIpc) is 2.80. The summed E-state index contributed by atoms with van der Waals surface area (Å²) in [5.74, 6) is 0. The lowest BCUT2D eigenvalue weighted by Crippen LogP contribution is -2.17. The third-order valence-corrected chi connectivity index (χ3v) is 3.67. The molecular weight excluding hydrogens is 333 g/mol. The van der Waals surface area contributed by atoms with Crippen molar-refractivity contribution in [2.75, 3.05) is 0 Å². The lowest BCUT2D eigenvalue weighted by Gasteiger charge is -2.11. The minimum absolute atomic E-state index is 0.0112. The summed E-state index contributed by atoms with van der Waals surface area (Å²) in [6.45, 7) is -1.31. The van der Waals surface area contributed by atoms with Crippen molar-refractivity contribution >= 4 is 39.8 Å². The van der Waals surface area contributed by atoms with Gasteiger partial charge in [0, 0.05) is 11.6 Å². The zero-order chi connectivity index (χ0) is 16.8. The van der Waals surface area contributed by atoms with Gasteiger partial charge in [-0.05, 0) is 6.07 Å². The summed E-state index contributed by atoms with van der Waals surface area (Å²) in [6.07, 6.45) is -1.68. The highest BCUT2D eigenvalue weighted by atomic mass is 35.5. The van der Waals surface area contributed by atoms with Crippen LogP contribution in [0.5, 0.6) is 0 Å². The van der Waals surface area contributed by atoms with E-state index in [1.807, 2.05) is 0 Å². The van der Waals surface area contributed by atoms with Crippen molar-refractivity contribution in [1.82, 2.24) is 14.5 Å². The molecule has 9 heteroatoms. The topological polar surface area (TPSA) is 71.6 Å². The number of carbonyl (C=O) groups is 1. The molecule has 0 unspecified atom stereocenters. The highest BCUT2D eigenvalue weighted by Crippen LogP contribution is 2.35. The first-order valence-corrected chi connectivity index (χ1v) is 6.62. The number of aldehydes is 1. The fourth-order valence-corrected chi connectivity index (χ4v) is 2.68. The van der Waals surface area contributed by atoms with E-state index in [4.69, 9.17) is 16.9 Å². The minimum Gasteiger partial charge on any atom is -0.327 e. The second-order valence-corrected chi connectivity index (χ2v) is 5.12. The lowest BCUT2D eigenvalue weighted by molar-refractivity contribution is -0.139. The largest absolute Gasteiger partial charge is 0.406 e. The second kappa shape index (κ2) is 5.21. The standard InChI is InChI=1S/C14H6ClF3N4O/c15-11-7(2-19)3-21-12-9-1-8(5-23)20-4-10(9)22(13(11)12)6-14(16,17)18/h1,3-5H,6H2. The van der Waals surface area contributed by atoms with Crippen molar-refractivity contribution in [2.24, 2.45) is 0 Å². The molecule has 0 aliphatic rings. The molecule has 0 atom stereocenters.